The van der Waals surface area contributed by atoms with E-state index in [4.69, 9.17) is 21.1 Å². The molecule has 1 aliphatic heterocycles. The average molecular weight is 593 g/mol. The van der Waals surface area contributed by atoms with Crippen molar-refractivity contribution >= 4 is 54.8 Å². The first-order valence-electron chi connectivity index (χ1n) is 11.5. The zero-order valence-electron chi connectivity index (χ0n) is 20.9. The normalized spacial score (nSPS) is 13.4. The molecule has 3 aromatic carbocycles. The van der Waals surface area contributed by atoms with Gasteiger partial charge >= 0.3 is 0 Å². The molecule has 11 nitrogen and oxygen atoms in total. The zero-order valence-corrected chi connectivity index (χ0v) is 23.3. The Morgan fingerprint density at radius 2 is 1.54 bits per heavy atom. The highest BCUT2D eigenvalue weighted by atomic mass is 35.5. The molecule has 39 heavy (non-hydrogen) atoms. The first kappa shape index (κ1) is 28.2. The van der Waals surface area contributed by atoms with Crippen molar-refractivity contribution in [1.29, 1.82) is 0 Å². The molecule has 3 aromatic rings. The lowest BCUT2D eigenvalue weighted by Gasteiger charge is -2.14. The largest absolute Gasteiger partial charge is 0.495 e. The van der Waals surface area contributed by atoms with Gasteiger partial charge in [-0.3, -0.25) is 19.2 Å². The lowest BCUT2D eigenvalue weighted by Crippen LogP contribution is -2.29. The van der Waals surface area contributed by atoms with Crippen molar-refractivity contribution in [2.45, 2.75) is 22.6 Å². The molecule has 0 saturated heterocycles. The number of ether oxygens (including phenoxy) is 2. The number of carbonyl (C=O) groups excluding carboxylic acids is 1. The molecule has 4 rings (SSSR count). The van der Waals surface area contributed by atoms with Crippen LogP contribution in [0.4, 0.5) is 11.4 Å². The monoisotopic (exact) mass is 592 g/mol. The Morgan fingerprint density at radius 1 is 0.872 bits per heavy atom. The smallest absolute Gasteiger partial charge is 0.262 e. The Bertz CT molecular complexity index is 1660. The molecular weight excluding hydrogens is 568 g/mol. The van der Waals surface area contributed by atoms with Crippen LogP contribution >= 0.6 is 11.6 Å². The number of aliphatic imine (C=N–C) groups is 1. The molecule has 0 radical (unpaired) electrons. The molecule has 0 unspecified atom stereocenters. The maximum atomic E-state index is 13.1. The summed E-state index contributed by atoms with van der Waals surface area (Å²) in [6.45, 7) is 0.569. The maximum absolute atomic E-state index is 13.1. The third-order valence-corrected chi connectivity index (χ3v) is 8.69. The van der Waals surface area contributed by atoms with Crippen LogP contribution < -0.4 is 24.2 Å². The molecule has 1 amide bonds. The van der Waals surface area contributed by atoms with E-state index in [-0.39, 0.29) is 37.5 Å². The van der Waals surface area contributed by atoms with Crippen molar-refractivity contribution in [3.05, 3.63) is 71.2 Å². The minimum absolute atomic E-state index is 0.0318. The molecule has 0 saturated carbocycles. The number of benzene rings is 3. The first-order valence-corrected chi connectivity index (χ1v) is 14.9. The lowest BCUT2D eigenvalue weighted by atomic mass is 10.2. The van der Waals surface area contributed by atoms with Crippen LogP contribution in [-0.2, 0) is 20.0 Å². The second kappa shape index (κ2) is 11.5. The van der Waals surface area contributed by atoms with E-state index in [0.29, 0.717) is 24.6 Å². The van der Waals surface area contributed by atoms with E-state index in [2.05, 4.69) is 19.8 Å². The topological polar surface area (TPSA) is 152 Å². The maximum Gasteiger partial charge on any atom is 0.262 e. The molecule has 0 aromatic heterocycles. The number of hydrogen-bond donors (Lipinski definition) is 3. The van der Waals surface area contributed by atoms with E-state index in [1.54, 1.807) is 0 Å². The summed E-state index contributed by atoms with van der Waals surface area (Å²) in [7, 11) is -5.26. The van der Waals surface area contributed by atoms with Crippen LogP contribution in [0, 0.1) is 0 Å². The third kappa shape index (κ3) is 6.61. The number of halogens is 1. The quantitative estimate of drug-likeness (QED) is 0.341. The Balaban J connectivity index is 1.53. The number of methoxy groups -OCH3 is 2. The van der Waals surface area contributed by atoms with Crippen LogP contribution in [0.2, 0.25) is 5.02 Å². The fraction of sp³-hybridized carbons (Fsp3) is 0.200. The highest BCUT2D eigenvalue weighted by Crippen LogP contribution is 2.37. The van der Waals surface area contributed by atoms with E-state index >= 15 is 0 Å². The summed E-state index contributed by atoms with van der Waals surface area (Å²) in [4.78, 5) is 16.8. The SMILES string of the molecule is COc1cc(OC)c(NS(=O)(=O)c2cccc(C(=O)Nc3cccc(S(=O)(=O)NC4=NCCC4)c3)c2)cc1Cl. The van der Waals surface area contributed by atoms with Crippen LogP contribution in [0.15, 0.2) is 75.4 Å². The fourth-order valence-electron chi connectivity index (χ4n) is 3.73. The van der Waals surface area contributed by atoms with Gasteiger partial charge in [-0.1, -0.05) is 23.7 Å². The van der Waals surface area contributed by atoms with Gasteiger partial charge in [0.1, 0.15) is 17.3 Å². The molecule has 206 valence electrons. The van der Waals surface area contributed by atoms with Gasteiger partial charge < -0.3 is 14.8 Å². The van der Waals surface area contributed by atoms with Gasteiger partial charge in [0, 0.05) is 30.3 Å². The summed E-state index contributed by atoms with van der Waals surface area (Å²) in [6.07, 6.45) is 1.32. The van der Waals surface area contributed by atoms with Crippen molar-refractivity contribution in [3.8, 4) is 11.5 Å². The Morgan fingerprint density at radius 3 is 2.21 bits per heavy atom. The molecule has 3 N–H and O–H groups in total. The van der Waals surface area contributed by atoms with Crippen molar-refractivity contribution in [3.63, 3.8) is 0 Å². The van der Waals surface area contributed by atoms with Crippen LogP contribution in [-0.4, -0.2) is 49.3 Å². The van der Waals surface area contributed by atoms with Crippen molar-refractivity contribution in [2.75, 3.05) is 30.8 Å². The van der Waals surface area contributed by atoms with Crippen LogP contribution in [0.5, 0.6) is 11.5 Å². The van der Waals surface area contributed by atoms with Gasteiger partial charge in [0.15, 0.2) is 0 Å². The predicted molar refractivity (Wildman–Crippen MR) is 148 cm³/mol. The zero-order chi connectivity index (χ0) is 28.2. The average Bonchev–Trinajstić information content (AvgIpc) is 3.41. The molecule has 0 bridgehead atoms. The lowest BCUT2D eigenvalue weighted by molar-refractivity contribution is 0.102. The summed E-state index contributed by atoms with van der Waals surface area (Å²) in [6, 6.07) is 13.8. The number of sulfonamides is 2. The van der Waals surface area contributed by atoms with Crippen molar-refractivity contribution < 1.29 is 31.1 Å². The predicted octanol–water partition coefficient (Wildman–Crippen LogP) is 3.88. The summed E-state index contributed by atoms with van der Waals surface area (Å²) in [5.74, 6) is 0.235. The van der Waals surface area contributed by atoms with Gasteiger partial charge in [0.2, 0.25) is 0 Å². The molecule has 0 fully saturated rings. The van der Waals surface area contributed by atoms with Gasteiger partial charge in [0.05, 0.1) is 34.7 Å². The Hall–Kier alpha value is -3.81. The summed E-state index contributed by atoms with van der Waals surface area (Å²) >= 11 is 6.14. The number of hydrogen-bond acceptors (Lipinski definition) is 8. The third-order valence-electron chi connectivity index (χ3n) is 5.65. The van der Waals surface area contributed by atoms with E-state index in [1.807, 2.05) is 0 Å². The standard InChI is InChI=1S/C25H25ClN4O7S2/c1-36-22-15-23(37-2)21(14-20(22)26)29-38(32,33)18-8-3-6-16(12-18)25(31)28-17-7-4-9-19(13-17)39(34,35)30-24-10-5-11-27-24/h3-4,6-9,12-15,29H,5,10-11H2,1-2H3,(H,27,30)(H,28,31). The molecule has 1 aliphatic rings. The van der Waals surface area contributed by atoms with E-state index in [1.165, 1.54) is 74.9 Å². The highest BCUT2D eigenvalue weighted by molar-refractivity contribution is 7.92. The highest BCUT2D eigenvalue weighted by Gasteiger charge is 2.21. The van der Waals surface area contributed by atoms with Gasteiger partial charge in [-0.05, 0) is 48.9 Å². The minimum atomic E-state index is -4.16. The van der Waals surface area contributed by atoms with Crippen molar-refractivity contribution in [1.82, 2.24) is 4.72 Å². The van der Waals surface area contributed by atoms with Gasteiger partial charge in [-0.25, -0.2) is 16.8 Å². The van der Waals surface area contributed by atoms with Gasteiger partial charge in [-0.2, -0.15) is 0 Å². The number of carbonyl (C=O) groups is 1. The molecule has 0 atom stereocenters. The van der Waals surface area contributed by atoms with Crippen LogP contribution in [0.25, 0.3) is 0 Å². The first-order chi connectivity index (χ1) is 18.5. The molecular formula is C25H25ClN4O7S2. The minimum Gasteiger partial charge on any atom is -0.495 e. The molecule has 0 aliphatic carbocycles. The number of anilines is 2. The van der Waals surface area contributed by atoms with Gasteiger partial charge in [0.25, 0.3) is 26.0 Å². The summed E-state index contributed by atoms with van der Waals surface area (Å²) in [5, 5.41) is 2.77. The van der Waals surface area contributed by atoms with E-state index in [0.717, 1.165) is 6.42 Å². The second-order valence-corrected chi connectivity index (χ2v) is 12.1. The number of nitrogens with one attached hydrogen (secondary N) is 3. The Kier molecular flexibility index (Phi) is 8.33. The van der Waals surface area contributed by atoms with Crippen LogP contribution in [0.3, 0.4) is 0 Å². The second-order valence-electron chi connectivity index (χ2n) is 8.34. The number of amidine groups is 1. The molecule has 1 heterocycles. The van der Waals surface area contributed by atoms with Crippen LogP contribution in [0.1, 0.15) is 23.2 Å². The number of nitrogens with zero attached hydrogens (tertiary/aromatic N) is 1. The molecule has 14 heteroatoms. The number of amides is 1. The number of rotatable bonds is 9. The van der Waals surface area contributed by atoms with E-state index in [9.17, 15) is 21.6 Å². The van der Waals surface area contributed by atoms with Gasteiger partial charge in [-0.15, -0.1) is 0 Å². The van der Waals surface area contributed by atoms with E-state index < -0.39 is 26.0 Å². The summed E-state index contributed by atoms with van der Waals surface area (Å²) in [5.41, 5.74) is 0.317. The van der Waals surface area contributed by atoms with Crippen molar-refractivity contribution in [2.24, 2.45) is 4.99 Å². The Labute approximate surface area is 231 Å². The summed E-state index contributed by atoms with van der Waals surface area (Å²) < 4.78 is 66.9. The fourth-order valence-corrected chi connectivity index (χ4v) is 6.21. The molecule has 0 spiro atoms.